The van der Waals surface area contributed by atoms with Crippen LogP contribution in [-0.4, -0.2) is 35.4 Å². The molecule has 0 aromatic rings. The molecule has 0 amide bonds. The molecular formula is C6H9BrO4. The molecule has 0 saturated carbocycles. The van der Waals surface area contributed by atoms with E-state index in [0.717, 1.165) is 0 Å². The van der Waals surface area contributed by atoms with Gasteiger partial charge in [0.2, 0.25) is 0 Å². The smallest absolute Gasteiger partial charge is 0.308 e. The fourth-order valence-corrected chi connectivity index (χ4v) is 1.48. The Balaban J connectivity index is 2.52. The normalized spacial score (nSPS) is 21.9. The summed E-state index contributed by atoms with van der Waals surface area (Å²) in [5, 5.41) is 8.88. The van der Waals surface area contributed by atoms with E-state index in [2.05, 4.69) is 15.9 Å². The molecule has 1 heterocycles. The van der Waals surface area contributed by atoms with Gasteiger partial charge in [-0.25, -0.2) is 0 Å². The summed E-state index contributed by atoms with van der Waals surface area (Å²) in [6.07, 6.45) is -0.113. The van der Waals surface area contributed by atoms with E-state index in [0.29, 0.717) is 18.5 Å². The Morgan fingerprint density at radius 3 is 2.45 bits per heavy atom. The summed E-state index contributed by atoms with van der Waals surface area (Å²) >= 11 is 3.15. The topological polar surface area (TPSA) is 55.8 Å². The average molecular weight is 225 g/mol. The highest BCUT2D eigenvalue weighted by atomic mass is 79.9. The van der Waals surface area contributed by atoms with E-state index in [-0.39, 0.29) is 6.42 Å². The summed E-state index contributed by atoms with van der Waals surface area (Å²) in [7, 11) is 0. The van der Waals surface area contributed by atoms with Crippen molar-refractivity contribution in [2.45, 2.75) is 12.2 Å². The quantitative estimate of drug-likeness (QED) is 0.714. The van der Waals surface area contributed by atoms with E-state index < -0.39 is 11.8 Å². The molecule has 5 heteroatoms. The Kier molecular flexibility index (Phi) is 2.86. The first-order chi connectivity index (χ1) is 5.18. The van der Waals surface area contributed by atoms with Gasteiger partial charge in [0.05, 0.1) is 18.5 Å². The monoisotopic (exact) mass is 224 g/mol. The van der Waals surface area contributed by atoms with Gasteiger partial charge in [-0.05, 0) is 0 Å². The van der Waals surface area contributed by atoms with Crippen LogP contribution in [0.25, 0.3) is 0 Å². The maximum atomic E-state index is 10.3. The Labute approximate surface area is 72.6 Å². The zero-order valence-corrected chi connectivity index (χ0v) is 7.46. The minimum atomic E-state index is -0.925. The molecule has 1 saturated heterocycles. The van der Waals surface area contributed by atoms with Crippen molar-refractivity contribution in [1.82, 2.24) is 0 Å². The first-order valence-corrected chi connectivity index (χ1v) is 4.36. The number of aliphatic carboxylic acids is 1. The maximum Gasteiger partial charge on any atom is 0.308 e. The molecule has 1 fully saturated rings. The Morgan fingerprint density at radius 1 is 1.55 bits per heavy atom. The van der Waals surface area contributed by atoms with Crippen LogP contribution in [-0.2, 0) is 14.3 Å². The van der Waals surface area contributed by atoms with E-state index in [9.17, 15) is 4.79 Å². The number of carbonyl (C=O) groups is 1. The number of carboxylic acids is 1. The molecule has 1 aliphatic heterocycles. The Hall–Kier alpha value is -0.130. The van der Waals surface area contributed by atoms with Crippen LogP contribution in [0.15, 0.2) is 0 Å². The number of hydrogen-bond acceptors (Lipinski definition) is 3. The molecular weight excluding hydrogens is 216 g/mol. The number of ether oxygens (including phenoxy) is 2. The van der Waals surface area contributed by atoms with Gasteiger partial charge in [0.1, 0.15) is 6.42 Å². The molecule has 0 atom stereocenters. The van der Waals surface area contributed by atoms with Gasteiger partial charge in [0, 0.05) is 0 Å². The summed E-state index contributed by atoms with van der Waals surface area (Å²) in [6, 6.07) is 0. The van der Waals surface area contributed by atoms with Crippen molar-refractivity contribution in [2.75, 3.05) is 18.5 Å². The summed E-state index contributed by atoms with van der Waals surface area (Å²) in [4.78, 5) is 10.3. The van der Waals surface area contributed by atoms with Gasteiger partial charge < -0.3 is 14.6 Å². The summed E-state index contributed by atoms with van der Waals surface area (Å²) in [5.74, 6) is -1.84. The van der Waals surface area contributed by atoms with E-state index in [4.69, 9.17) is 14.6 Å². The van der Waals surface area contributed by atoms with E-state index in [1.165, 1.54) is 0 Å². The van der Waals surface area contributed by atoms with Crippen LogP contribution in [0, 0.1) is 0 Å². The standard InChI is InChI=1S/C6H9BrO4/c7-4-6(3-5(8)9)10-1-2-11-6/h1-4H2,(H,8,9). The van der Waals surface area contributed by atoms with Crippen molar-refractivity contribution < 1.29 is 19.4 Å². The van der Waals surface area contributed by atoms with Gasteiger partial charge in [0.25, 0.3) is 0 Å². The molecule has 1 N–H and O–H groups in total. The second-order valence-corrected chi connectivity index (χ2v) is 2.87. The zero-order valence-electron chi connectivity index (χ0n) is 5.88. The Bertz CT molecular complexity index is 153. The molecule has 1 aliphatic rings. The summed E-state index contributed by atoms with van der Waals surface area (Å²) in [6.45, 7) is 0.942. The van der Waals surface area contributed by atoms with Gasteiger partial charge >= 0.3 is 5.97 Å². The molecule has 11 heavy (non-hydrogen) atoms. The number of alkyl halides is 1. The third-order valence-corrected chi connectivity index (χ3v) is 2.29. The summed E-state index contributed by atoms with van der Waals surface area (Å²) in [5.41, 5.74) is 0. The SMILES string of the molecule is O=C(O)CC1(CBr)OCCO1. The van der Waals surface area contributed by atoms with Crippen LogP contribution in [0.3, 0.4) is 0 Å². The highest BCUT2D eigenvalue weighted by molar-refractivity contribution is 9.09. The lowest BCUT2D eigenvalue weighted by Gasteiger charge is -2.22. The molecule has 0 bridgehead atoms. The van der Waals surface area contributed by atoms with Crippen molar-refractivity contribution >= 4 is 21.9 Å². The van der Waals surface area contributed by atoms with E-state index in [1.807, 2.05) is 0 Å². The van der Waals surface area contributed by atoms with Gasteiger partial charge in [-0.1, -0.05) is 15.9 Å². The molecule has 0 aliphatic carbocycles. The predicted molar refractivity (Wildman–Crippen MR) is 40.7 cm³/mol. The van der Waals surface area contributed by atoms with Gasteiger partial charge in [-0.15, -0.1) is 0 Å². The highest BCUT2D eigenvalue weighted by Gasteiger charge is 2.37. The third-order valence-electron chi connectivity index (χ3n) is 1.44. The van der Waals surface area contributed by atoms with Crippen LogP contribution >= 0.6 is 15.9 Å². The predicted octanol–water partition coefficient (Wildman–Crippen LogP) is 0.599. The molecule has 0 unspecified atom stereocenters. The van der Waals surface area contributed by atoms with Crippen LogP contribution in [0.1, 0.15) is 6.42 Å². The fraction of sp³-hybridized carbons (Fsp3) is 0.833. The van der Waals surface area contributed by atoms with Crippen molar-refractivity contribution in [2.24, 2.45) is 0 Å². The largest absolute Gasteiger partial charge is 0.481 e. The lowest BCUT2D eigenvalue weighted by atomic mass is 10.2. The zero-order chi connectivity index (χ0) is 8.32. The van der Waals surface area contributed by atoms with Crippen molar-refractivity contribution in [3.63, 3.8) is 0 Å². The first-order valence-electron chi connectivity index (χ1n) is 3.24. The van der Waals surface area contributed by atoms with Gasteiger partial charge in [0.15, 0.2) is 5.79 Å². The van der Waals surface area contributed by atoms with Gasteiger partial charge in [-0.2, -0.15) is 0 Å². The third kappa shape index (κ3) is 2.15. The van der Waals surface area contributed by atoms with Crippen molar-refractivity contribution in [1.29, 1.82) is 0 Å². The number of hydrogen-bond donors (Lipinski definition) is 1. The van der Waals surface area contributed by atoms with E-state index in [1.54, 1.807) is 0 Å². The highest BCUT2D eigenvalue weighted by Crippen LogP contribution is 2.25. The van der Waals surface area contributed by atoms with Crippen LogP contribution in [0.4, 0.5) is 0 Å². The van der Waals surface area contributed by atoms with Crippen molar-refractivity contribution in [3.05, 3.63) is 0 Å². The molecule has 1 rings (SSSR count). The molecule has 4 nitrogen and oxygen atoms in total. The molecule has 0 aromatic heterocycles. The Morgan fingerprint density at radius 2 is 2.09 bits per heavy atom. The maximum absolute atomic E-state index is 10.3. The molecule has 0 spiro atoms. The second-order valence-electron chi connectivity index (χ2n) is 2.31. The minimum Gasteiger partial charge on any atom is -0.481 e. The van der Waals surface area contributed by atoms with Crippen molar-refractivity contribution in [3.8, 4) is 0 Å². The summed E-state index contributed by atoms with van der Waals surface area (Å²) < 4.78 is 10.3. The molecule has 64 valence electrons. The van der Waals surface area contributed by atoms with Crippen LogP contribution in [0.2, 0.25) is 0 Å². The number of halogens is 1. The van der Waals surface area contributed by atoms with E-state index >= 15 is 0 Å². The lowest BCUT2D eigenvalue weighted by Crippen LogP contribution is -2.34. The number of carboxylic acid groups (broad SMARTS) is 1. The van der Waals surface area contributed by atoms with Gasteiger partial charge in [-0.3, -0.25) is 4.79 Å². The fourth-order valence-electron chi connectivity index (χ4n) is 0.954. The lowest BCUT2D eigenvalue weighted by molar-refractivity contribution is -0.167. The van der Waals surface area contributed by atoms with Crippen LogP contribution < -0.4 is 0 Å². The average Bonchev–Trinajstić information content (AvgIpc) is 2.36. The number of rotatable bonds is 3. The minimum absolute atomic E-state index is 0.113. The second kappa shape index (κ2) is 3.51. The molecule has 0 aromatic carbocycles. The first kappa shape index (κ1) is 8.96. The van der Waals surface area contributed by atoms with Crippen LogP contribution in [0.5, 0.6) is 0 Å². The molecule has 0 radical (unpaired) electrons.